The molecule has 0 radical (unpaired) electrons. The van der Waals surface area contributed by atoms with Gasteiger partial charge in [-0.2, -0.15) is 0 Å². The first-order valence-corrected chi connectivity index (χ1v) is 8.64. The molecule has 3 aliphatic heterocycles. The molecule has 0 aliphatic carbocycles. The lowest BCUT2D eigenvalue weighted by Gasteiger charge is -2.40. The van der Waals surface area contributed by atoms with Gasteiger partial charge in [-0.15, -0.1) is 0 Å². The second-order valence-electron chi connectivity index (χ2n) is 7.18. The van der Waals surface area contributed by atoms with E-state index in [1.165, 1.54) is 32.1 Å². The van der Waals surface area contributed by atoms with Crippen LogP contribution in [-0.4, -0.2) is 79.3 Å². The summed E-state index contributed by atoms with van der Waals surface area (Å²) in [5.41, 5.74) is 0. The highest BCUT2D eigenvalue weighted by Gasteiger charge is 2.42. The number of nitrogens with zero attached hydrogens (tertiary/aromatic N) is 3. The quantitative estimate of drug-likeness (QED) is 0.727. The highest BCUT2D eigenvalue weighted by Crippen LogP contribution is 2.36. The van der Waals surface area contributed by atoms with Gasteiger partial charge < -0.3 is 14.5 Å². The molecule has 3 aliphatic rings. The van der Waals surface area contributed by atoms with Crippen molar-refractivity contribution in [1.82, 2.24) is 14.7 Å². The number of ether oxygens (including phenoxy) is 1. The Labute approximate surface area is 133 Å². The lowest BCUT2D eigenvalue weighted by molar-refractivity contribution is -0.0301. The van der Waals surface area contributed by atoms with Gasteiger partial charge in [-0.1, -0.05) is 12.2 Å². The maximum absolute atomic E-state index is 12.4. The molecule has 5 heteroatoms. The van der Waals surface area contributed by atoms with Crippen LogP contribution in [0, 0.1) is 0 Å². The summed E-state index contributed by atoms with van der Waals surface area (Å²) in [6.45, 7) is 3.68. The molecule has 2 unspecified atom stereocenters. The monoisotopic (exact) mass is 307 g/mol. The maximum Gasteiger partial charge on any atom is 0.410 e. The van der Waals surface area contributed by atoms with Crippen LogP contribution >= 0.6 is 0 Å². The smallest absolute Gasteiger partial charge is 0.410 e. The molecule has 2 bridgehead atoms. The van der Waals surface area contributed by atoms with Gasteiger partial charge >= 0.3 is 6.09 Å². The summed E-state index contributed by atoms with van der Waals surface area (Å²) >= 11 is 0. The summed E-state index contributed by atoms with van der Waals surface area (Å²) in [6, 6.07) is 0.910. The largest absolute Gasteiger partial charge is 0.443 e. The van der Waals surface area contributed by atoms with E-state index in [2.05, 4.69) is 36.0 Å². The van der Waals surface area contributed by atoms with Crippen molar-refractivity contribution in [3.63, 3.8) is 0 Å². The fourth-order valence-corrected chi connectivity index (χ4v) is 3.87. The van der Waals surface area contributed by atoms with Gasteiger partial charge in [0, 0.05) is 38.3 Å². The van der Waals surface area contributed by atoms with E-state index >= 15 is 0 Å². The maximum atomic E-state index is 12.4. The Morgan fingerprint density at radius 3 is 2.45 bits per heavy atom. The predicted octanol–water partition coefficient (Wildman–Crippen LogP) is 1.94. The van der Waals surface area contributed by atoms with Crippen LogP contribution in [0.15, 0.2) is 12.2 Å². The summed E-state index contributed by atoms with van der Waals surface area (Å²) in [6.07, 6.45) is 10.4. The van der Waals surface area contributed by atoms with Gasteiger partial charge in [0.15, 0.2) is 0 Å². The number of hydrogen-bond donors (Lipinski definition) is 0. The zero-order valence-corrected chi connectivity index (χ0v) is 13.9. The summed E-state index contributed by atoms with van der Waals surface area (Å²) in [5, 5.41) is 0. The summed E-state index contributed by atoms with van der Waals surface area (Å²) in [4.78, 5) is 18.9. The SMILES string of the molecule is CN(C)C/C=C/CN1CC(OC(=O)N2C3CCCC2CC3)C1. The zero-order valence-electron chi connectivity index (χ0n) is 13.9. The van der Waals surface area contributed by atoms with Gasteiger partial charge in [0.05, 0.1) is 0 Å². The van der Waals surface area contributed by atoms with E-state index in [9.17, 15) is 4.79 Å². The first kappa shape index (κ1) is 15.8. The van der Waals surface area contributed by atoms with E-state index in [1.54, 1.807) is 0 Å². The van der Waals surface area contributed by atoms with Crippen LogP contribution in [-0.2, 0) is 4.74 Å². The van der Waals surface area contributed by atoms with Crippen molar-refractivity contribution in [3.8, 4) is 0 Å². The Bertz CT molecular complexity index is 402. The van der Waals surface area contributed by atoms with Crippen molar-refractivity contribution >= 4 is 6.09 Å². The molecule has 22 heavy (non-hydrogen) atoms. The summed E-state index contributed by atoms with van der Waals surface area (Å²) < 4.78 is 5.69. The van der Waals surface area contributed by atoms with E-state index in [0.29, 0.717) is 12.1 Å². The summed E-state index contributed by atoms with van der Waals surface area (Å²) in [7, 11) is 4.13. The molecule has 5 nitrogen and oxygen atoms in total. The molecular weight excluding hydrogens is 278 g/mol. The number of fused-ring (bicyclic) bond motifs is 2. The summed E-state index contributed by atoms with van der Waals surface area (Å²) in [5.74, 6) is 0. The van der Waals surface area contributed by atoms with Crippen molar-refractivity contribution < 1.29 is 9.53 Å². The number of likely N-dealkylation sites (N-methyl/N-ethyl adjacent to an activating group) is 1. The first-order valence-electron chi connectivity index (χ1n) is 8.64. The molecule has 3 fully saturated rings. The average molecular weight is 307 g/mol. The first-order chi connectivity index (χ1) is 10.6. The second kappa shape index (κ2) is 7.01. The molecule has 0 saturated carbocycles. The van der Waals surface area contributed by atoms with Crippen LogP contribution in [0.1, 0.15) is 32.1 Å². The normalized spacial score (nSPS) is 29.3. The van der Waals surface area contributed by atoms with Crippen LogP contribution in [0.4, 0.5) is 4.79 Å². The molecule has 0 N–H and O–H groups in total. The van der Waals surface area contributed by atoms with Crippen molar-refractivity contribution in [3.05, 3.63) is 12.2 Å². The third kappa shape index (κ3) is 3.63. The highest BCUT2D eigenvalue weighted by atomic mass is 16.6. The second-order valence-corrected chi connectivity index (χ2v) is 7.18. The van der Waals surface area contributed by atoms with Gasteiger partial charge in [0.1, 0.15) is 6.10 Å². The van der Waals surface area contributed by atoms with Gasteiger partial charge in [-0.3, -0.25) is 4.90 Å². The molecule has 3 rings (SSSR count). The Morgan fingerprint density at radius 2 is 1.82 bits per heavy atom. The molecule has 3 heterocycles. The van der Waals surface area contributed by atoms with E-state index in [1.807, 2.05) is 4.90 Å². The third-order valence-electron chi connectivity index (χ3n) is 5.10. The lowest BCUT2D eigenvalue weighted by Crippen LogP contribution is -2.55. The molecule has 0 aromatic heterocycles. The van der Waals surface area contributed by atoms with Crippen LogP contribution in [0.2, 0.25) is 0 Å². The fraction of sp³-hybridized carbons (Fsp3) is 0.824. The van der Waals surface area contributed by atoms with E-state index < -0.39 is 0 Å². The number of piperidine rings is 1. The average Bonchev–Trinajstić information content (AvgIpc) is 2.69. The topological polar surface area (TPSA) is 36.0 Å². The molecule has 0 aromatic rings. The van der Waals surface area contributed by atoms with Crippen LogP contribution < -0.4 is 0 Å². The number of carbonyl (C=O) groups is 1. The van der Waals surface area contributed by atoms with Crippen molar-refractivity contribution in [2.24, 2.45) is 0 Å². The minimum Gasteiger partial charge on any atom is -0.443 e. The van der Waals surface area contributed by atoms with Gasteiger partial charge in [-0.25, -0.2) is 4.79 Å². The van der Waals surface area contributed by atoms with Gasteiger partial charge in [0.25, 0.3) is 0 Å². The van der Waals surface area contributed by atoms with Crippen LogP contribution in [0.5, 0.6) is 0 Å². The number of rotatable bonds is 5. The highest BCUT2D eigenvalue weighted by molar-refractivity contribution is 5.69. The van der Waals surface area contributed by atoms with Crippen LogP contribution in [0.3, 0.4) is 0 Å². The molecule has 3 saturated heterocycles. The zero-order chi connectivity index (χ0) is 15.5. The minimum absolute atomic E-state index is 0.0556. The number of likely N-dealkylation sites (tertiary alicyclic amines) is 1. The van der Waals surface area contributed by atoms with Crippen molar-refractivity contribution in [2.45, 2.75) is 50.3 Å². The van der Waals surface area contributed by atoms with E-state index in [4.69, 9.17) is 4.74 Å². The molecule has 2 atom stereocenters. The van der Waals surface area contributed by atoms with E-state index in [-0.39, 0.29) is 12.2 Å². The number of amides is 1. The van der Waals surface area contributed by atoms with Crippen LogP contribution in [0.25, 0.3) is 0 Å². The molecule has 124 valence electrons. The van der Waals surface area contributed by atoms with Crippen molar-refractivity contribution in [2.75, 3.05) is 40.3 Å². The number of hydrogen-bond acceptors (Lipinski definition) is 4. The minimum atomic E-state index is -0.0556. The standard InChI is InChI=1S/C17H29N3O2/c1-18(2)10-3-4-11-19-12-16(13-19)22-17(21)20-14-6-5-7-15(20)9-8-14/h3-4,14-16H,5-13H2,1-2H3/b4-3+. The molecule has 0 aromatic carbocycles. The Balaban J connectivity index is 1.36. The van der Waals surface area contributed by atoms with Crippen molar-refractivity contribution in [1.29, 1.82) is 0 Å². The number of carbonyl (C=O) groups excluding carboxylic acids is 1. The molecule has 0 spiro atoms. The molecular formula is C17H29N3O2. The van der Waals surface area contributed by atoms with Gasteiger partial charge in [-0.05, 0) is 46.2 Å². The Morgan fingerprint density at radius 1 is 1.14 bits per heavy atom. The van der Waals surface area contributed by atoms with Gasteiger partial charge in [0.2, 0.25) is 0 Å². The van der Waals surface area contributed by atoms with E-state index in [0.717, 1.165) is 26.2 Å². The third-order valence-corrected chi connectivity index (χ3v) is 5.10. The lowest BCUT2D eigenvalue weighted by atomic mass is 10.0. The predicted molar refractivity (Wildman–Crippen MR) is 86.9 cm³/mol. The Kier molecular flexibility index (Phi) is 5.03. The fourth-order valence-electron chi connectivity index (χ4n) is 3.87. The molecule has 1 amide bonds. The Hall–Kier alpha value is -1.07.